The van der Waals surface area contributed by atoms with Gasteiger partial charge in [-0.25, -0.2) is 18.6 Å². The number of benzene rings is 2. The zero-order valence-electron chi connectivity index (χ0n) is 24.1. The Morgan fingerprint density at radius 3 is 2.68 bits per heavy atom. The van der Waals surface area contributed by atoms with Gasteiger partial charge >= 0.3 is 6.09 Å². The van der Waals surface area contributed by atoms with E-state index < -0.39 is 35.6 Å². The van der Waals surface area contributed by atoms with E-state index in [0.29, 0.717) is 41.9 Å². The first-order valence-corrected chi connectivity index (χ1v) is 14.2. The number of halogens is 3. The summed E-state index contributed by atoms with van der Waals surface area (Å²) in [5.41, 5.74) is 2.11. The number of carbonyl (C=O) groups excluding carboxylic acids is 3. The third-order valence-electron chi connectivity index (χ3n) is 7.53. The van der Waals surface area contributed by atoms with E-state index in [4.69, 9.17) is 11.6 Å². The van der Waals surface area contributed by atoms with Crippen molar-refractivity contribution < 1.29 is 27.9 Å². The van der Waals surface area contributed by atoms with Crippen molar-refractivity contribution in [2.75, 3.05) is 17.7 Å². The fraction of sp³-hybridized carbons (Fsp3) is 0.258. The molecule has 2 atom stereocenters. The molecule has 3 heterocycles. The van der Waals surface area contributed by atoms with Gasteiger partial charge in [0.05, 0.1) is 47.1 Å². The zero-order chi connectivity index (χ0) is 31.5. The van der Waals surface area contributed by atoms with Gasteiger partial charge in [-0.2, -0.15) is 0 Å². The van der Waals surface area contributed by atoms with Crippen molar-refractivity contribution in [1.29, 1.82) is 0 Å². The minimum Gasteiger partial charge on any atom is -0.453 e. The zero-order valence-corrected chi connectivity index (χ0v) is 24.8. The van der Waals surface area contributed by atoms with Crippen LogP contribution in [-0.4, -0.2) is 39.6 Å². The van der Waals surface area contributed by atoms with Crippen LogP contribution in [0.3, 0.4) is 0 Å². The number of amides is 3. The molecule has 2 aromatic heterocycles. The molecule has 228 valence electrons. The minimum atomic E-state index is -0.702. The monoisotopic (exact) mass is 622 g/mol. The van der Waals surface area contributed by atoms with Crippen LogP contribution in [0.1, 0.15) is 54.1 Å². The van der Waals surface area contributed by atoms with Gasteiger partial charge in [-0.15, -0.1) is 0 Å². The number of ether oxygens (including phenoxy) is 1. The lowest BCUT2D eigenvalue weighted by Crippen LogP contribution is -2.30. The van der Waals surface area contributed by atoms with Crippen LogP contribution in [0.5, 0.6) is 0 Å². The van der Waals surface area contributed by atoms with Gasteiger partial charge in [0.15, 0.2) is 5.82 Å². The second-order valence-corrected chi connectivity index (χ2v) is 10.8. The summed E-state index contributed by atoms with van der Waals surface area (Å²) in [6, 6.07) is 10.0. The van der Waals surface area contributed by atoms with Gasteiger partial charge in [0, 0.05) is 22.7 Å². The molecule has 13 heteroatoms. The fourth-order valence-corrected chi connectivity index (χ4v) is 5.24. The molecule has 0 saturated heterocycles. The summed E-state index contributed by atoms with van der Waals surface area (Å²) in [6.07, 6.45) is 3.13. The molecule has 5 rings (SSSR count). The Labute approximate surface area is 256 Å². The van der Waals surface area contributed by atoms with Crippen molar-refractivity contribution in [2.24, 2.45) is 5.92 Å². The van der Waals surface area contributed by atoms with E-state index in [0.717, 1.165) is 6.20 Å². The van der Waals surface area contributed by atoms with E-state index in [2.05, 4.69) is 30.7 Å². The Balaban J connectivity index is 1.51. The standard InChI is InChI=1S/C31H29ClF2N6O4/c1-16-6-4-8-23(38-30(42)28-17(2)40(15-36-28)26-9-5-7-21(32)27(26)34)25-13-20(22(33)14-35-25)19-11-10-18(37-31(43)44-3)12-24(19)39-29(16)41/h5,7,9-16,23H,4,6,8H2,1-3H3,(H,37,43)(H,38,42)(H,39,41)/t16?,23-/m0/s1. The van der Waals surface area contributed by atoms with Crippen molar-refractivity contribution in [3.8, 4) is 16.8 Å². The second kappa shape index (κ2) is 12.8. The summed E-state index contributed by atoms with van der Waals surface area (Å²) in [5.74, 6) is -2.52. The van der Waals surface area contributed by atoms with E-state index in [1.165, 1.54) is 42.3 Å². The maximum Gasteiger partial charge on any atom is 0.411 e. The highest BCUT2D eigenvalue weighted by molar-refractivity contribution is 6.30. The van der Waals surface area contributed by atoms with Gasteiger partial charge in [-0.3, -0.25) is 24.5 Å². The van der Waals surface area contributed by atoms with Gasteiger partial charge in [0.1, 0.15) is 17.8 Å². The molecule has 0 spiro atoms. The van der Waals surface area contributed by atoms with E-state index in [9.17, 15) is 18.8 Å². The fourth-order valence-electron chi connectivity index (χ4n) is 5.07. The van der Waals surface area contributed by atoms with Crippen LogP contribution >= 0.6 is 11.6 Å². The van der Waals surface area contributed by atoms with Gasteiger partial charge in [-0.05, 0) is 50.1 Å². The van der Waals surface area contributed by atoms with Crippen LogP contribution in [0.4, 0.5) is 25.0 Å². The van der Waals surface area contributed by atoms with Crippen molar-refractivity contribution in [3.63, 3.8) is 0 Å². The normalized spacial score (nSPS) is 16.5. The molecule has 3 amide bonds. The van der Waals surface area contributed by atoms with E-state index in [1.807, 2.05) is 0 Å². The number of nitrogens with one attached hydrogen (secondary N) is 3. The highest BCUT2D eigenvalue weighted by Gasteiger charge is 2.26. The van der Waals surface area contributed by atoms with Crippen LogP contribution in [0.25, 0.3) is 16.8 Å². The molecule has 0 fully saturated rings. The molecule has 0 aliphatic carbocycles. The number of fused-ring (bicyclic) bond motifs is 4. The molecular weight excluding hydrogens is 594 g/mol. The molecule has 1 aliphatic heterocycles. The number of imidazole rings is 1. The molecule has 0 saturated carbocycles. The topological polar surface area (TPSA) is 127 Å². The lowest BCUT2D eigenvalue weighted by Gasteiger charge is -2.22. The number of pyridine rings is 1. The Hall–Kier alpha value is -4.84. The minimum absolute atomic E-state index is 0.0616. The molecule has 44 heavy (non-hydrogen) atoms. The van der Waals surface area contributed by atoms with E-state index in [-0.39, 0.29) is 33.6 Å². The number of methoxy groups -OCH3 is 1. The second-order valence-electron chi connectivity index (χ2n) is 10.4. The van der Waals surface area contributed by atoms with Crippen LogP contribution in [0.2, 0.25) is 5.02 Å². The number of aromatic nitrogens is 3. The van der Waals surface area contributed by atoms with Gasteiger partial charge < -0.3 is 15.4 Å². The lowest BCUT2D eigenvalue weighted by molar-refractivity contribution is -0.119. The van der Waals surface area contributed by atoms with E-state index >= 15 is 4.39 Å². The van der Waals surface area contributed by atoms with Crippen LogP contribution in [-0.2, 0) is 9.53 Å². The third kappa shape index (κ3) is 6.25. The average Bonchev–Trinajstić information content (AvgIpc) is 3.38. The highest BCUT2D eigenvalue weighted by Crippen LogP contribution is 2.35. The number of hydrogen-bond donors (Lipinski definition) is 3. The van der Waals surface area contributed by atoms with Gasteiger partial charge in [-0.1, -0.05) is 37.1 Å². The quantitative estimate of drug-likeness (QED) is 0.236. The van der Waals surface area contributed by atoms with Crippen LogP contribution < -0.4 is 16.0 Å². The first kappa shape index (κ1) is 30.6. The van der Waals surface area contributed by atoms with Gasteiger partial charge in [0.25, 0.3) is 5.91 Å². The molecule has 10 nitrogen and oxygen atoms in total. The Kier molecular flexibility index (Phi) is 8.91. The summed E-state index contributed by atoms with van der Waals surface area (Å²) in [4.78, 5) is 46.9. The number of hydrogen-bond acceptors (Lipinski definition) is 6. The van der Waals surface area contributed by atoms with Crippen molar-refractivity contribution in [1.82, 2.24) is 19.9 Å². The number of carbonyl (C=O) groups is 3. The smallest absolute Gasteiger partial charge is 0.411 e. The Morgan fingerprint density at radius 2 is 1.91 bits per heavy atom. The third-order valence-corrected chi connectivity index (χ3v) is 7.82. The predicted octanol–water partition coefficient (Wildman–Crippen LogP) is 6.58. The number of nitrogens with zero attached hydrogens (tertiary/aromatic N) is 3. The molecular formula is C31H29ClF2N6O4. The first-order valence-electron chi connectivity index (χ1n) is 13.8. The van der Waals surface area contributed by atoms with Crippen molar-refractivity contribution >= 4 is 40.9 Å². The summed E-state index contributed by atoms with van der Waals surface area (Å²) in [6.45, 7) is 3.41. The van der Waals surface area contributed by atoms with Crippen molar-refractivity contribution in [3.05, 3.63) is 88.7 Å². The predicted molar refractivity (Wildman–Crippen MR) is 161 cm³/mol. The number of rotatable bonds is 4. The van der Waals surface area contributed by atoms with Crippen LogP contribution in [0.15, 0.2) is 55.0 Å². The molecule has 4 aromatic rings. The number of anilines is 2. The summed E-state index contributed by atoms with van der Waals surface area (Å²) < 4.78 is 36.1. The molecule has 0 radical (unpaired) electrons. The molecule has 3 N–H and O–H groups in total. The molecule has 2 bridgehead atoms. The molecule has 2 aromatic carbocycles. The largest absolute Gasteiger partial charge is 0.453 e. The summed E-state index contributed by atoms with van der Waals surface area (Å²) in [5, 5.41) is 8.29. The lowest BCUT2D eigenvalue weighted by atomic mass is 9.95. The maximum absolute atomic E-state index is 15.3. The average molecular weight is 623 g/mol. The summed E-state index contributed by atoms with van der Waals surface area (Å²) in [7, 11) is 1.22. The first-order chi connectivity index (χ1) is 21.1. The highest BCUT2D eigenvalue weighted by atomic mass is 35.5. The Bertz CT molecular complexity index is 1760. The van der Waals surface area contributed by atoms with Gasteiger partial charge in [0.2, 0.25) is 5.91 Å². The molecule has 1 aliphatic rings. The van der Waals surface area contributed by atoms with E-state index in [1.54, 1.807) is 32.0 Å². The SMILES string of the molecule is COC(=O)Nc1ccc2c(c1)NC(=O)C(C)CCC[C@H](NC(=O)c1ncn(-c3cccc(Cl)c3F)c1C)c1cc-2c(F)cn1. The van der Waals surface area contributed by atoms with Crippen LogP contribution in [0, 0.1) is 24.5 Å². The summed E-state index contributed by atoms with van der Waals surface area (Å²) >= 11 is 5.95. The molecule has 1 unspecified atom stereocenters. The maximum atomic E-state index is 15.3. The van der Waals surface area contributed by atoms with Crippen molar-refractivity contribution in [2.45, 2.75) is 39.2 Å². The Morgan fingerprint density at radius 1 is 1.11 bits per heavy atom.